The van der Waals surface area contributed by atoms with Crippen molar-refractivity contribution in [1.29, 1.82) is 0 Å². The highest BCUT2D eigenvalue weighted by molar-refractivity contribution is 6.30. The predicted molar refractivity (Wildman–Crippen MR) is 127 cm³/mol. The molecule has 0 spiro atoms. The van der Waals surface area contributed by atoms with Gasteiger partial charge in [-0.2, -0.15) is 0 Å². The number of carbonyl (C=O) groups excluding carboxylic acids is 1. The van der Waals surface area contributed by atoms with Crippen molar-refractivity contribution in [3.05, 3.63) is 95.0 Å². The van der Waals surface area contributed by atoms with Crippen LogP contribution in [-0.2, 0) is 11.3 Å². The normalized spacial score (nSPS) is 12.9. The first-order valence-corrected chi connectivity index (χ1v) is 10.7. The summed E-state index contributed by atoms with van der Waals surface area (Å²) in [6.07, 6.45) is 4.00. The van der Waals surface area contributed by atoms with Gasteiger partial charge in [-0.05, 0) is 54.8 Å². The van der Waals surface area contributed by atoms with Gasteiger partial charge in [-0.15, -0.1) is 0 Å². The Balaban J connectivity index is 1.53. The summed E-state index contributed by atoms with van der Waals surface area (Å²) >= 11 is 5.91. The monoisotopic (exact) mass is 420 g/mol. The largest absolute Gasteiger partial charge is 0.351 e. The van der Waals surface area contributed by atoms with E-state index in [1.807, 2.05) is 50.3 Å². The maximum absolute atomic E-state index is 12.6. The zero-order valence-electron chi connectivity index (χ0n) is 17.8. The van der Waals surface area contributed by atoms with Gasteiger partial charge in [0.15, 0.2) is 0 Å². The van der Waals surface area contributed by atoms with Crippen molar-refractivity contribution in [1.82, 2.24) is 10.6 Å². The quantitative estimate of drug-likeness (QED) is 0.436. The summed E-state index contributed by atoms with van der Waals surface area (Å²) < 4.78 is 0. The fourth-order valence-corrected chi connectivity index (χ4v) is 3.55. The second kappa shape index (κ2) is 9.92. The SMILES string of the molecule is C[C@@H](NC/C=C/C(C)(C)C(=O)NCc1ccc(Cl)cc1)c1cccc2ccccc12. The second-order valence-corrected chi connectivity index (χ2v) is 8.57. The molecule has 0 fully saturated rings. The van der Waals surface area contributed by atoms with E-state index in [0.29, 0.717) is 18.1 Å². The minimum atomic E-state index is -0.587. The molecule has 0 heterocycles. The van der Waals surface area contributed by atoms with Crippen LogP contribution in [-0.4, -0.2) is 12.5 Å². The molecule has 0 aromatic heterocycles. The van der Waals surface area contributed by atoms with Crippen molar-refractivity contribution in [3.8, 4) is 0 Å². The van der Waals surface area contributed by atoms with Crippen LogP contribution in [0.25, 0.3) is 10.8 Å². The van der Waals surface area contributed by atoms with Crippen molar-refractivity contribution < 1.29 is 4.79 Å². The third kappa shape index (κ3) is 5.71. The lowest BCUT2D eigenvalue weighted by atomic mass is 9.91. The van der Waals surface area contributed by atoms with E-state index in [1.165, 1.54) is 16.3 Å². The molecular formula is C26H29ClN2O. The number of hydrogen-bond acceptors (Lipinski definition) is 2. The fourth-order valence-electron chi connectivity index (χ4n) is 3.42. The first kappa shape index (κ1) is 22.1. The van der Waals surface area contributed by atoms with Gasteiger partial charge in [-0.3, -0.25) is 4.79 Å². The van der Waals surface area contributed by atoms with Gasteiger partial charge in [0.1, 0.15) is 0 Å². The second-order valence-electron chi connectivity index (χ2n) is 8.13. The molecule has 0 radical (unpaired) electrons. The summed E-state index contributed by atoms with van der Waals surface area (Å²) in [4.78, 5) is 12.6. The highest BCUT2D eigenvalue weighted by Crippen LogP contribution is 2.24. The summed E-state index contributed by atoms with van der Waals surface area (Å²) in [5.74, 6) is -0.00389. The zero-order valence-corrected chi connectivity index (χ0v) is 18.5. The van der Waals surface area contributed by atoms with E-state index >= 15 is 0 Å². The zero-order chi connectivity index (χ0) is 21.6. The maximum Gasteiger partial charge on any atom is 0.229 e. The first-order chi connectivity index (χ1) is 14.4. The average molecular weight is 421 g/mol. The highest BCUT2D eigenvalue weighted by atomic mass is 35.5. The van der Waals surface area contributed by atoms with Crippen molar-refractivity contribution in [2.24, 2.45) is 5.41 Å². The average Bonchev–Trinajstić information content (AvgIpc) is 2.75. The number of halogens is 1. The molecule has 156 valence electrons. The summed E-state index contributed by atoms with van der Waals surface area (Å²) in [6.45, 7) is 7.20. The molecule has 3 aromatic carbocycles. The highest BCUT2D eigenvalue weighted by Gasteiger charge is 2.23. The minimum Gasteiger partial charge on any atom is -0.351 e. The summed E-state index contributed by atoms with van der Waals surface area (Å²) in [5.41, 5.74) is 1.72. The van der Waals surface area contributed by atoms with Crippen LogP contribution < -0.4 is 10.6 Å². The molecule has 0 unspecified atom stereocenters. The molecule has 3 rings (SSSR count). The van der Waals surface area contributed by atoms with Gasteiger partial charge in [0.2, 0.25) is 5.91 Å². The van der Waals surface area contributed by atoms with E-state index in [2.05, 4.69) is 60.0 Å². The van der Waals surface area contributed by atoms with Crippen LogP contribution in [0.15, 0.2) is 78.9 Å². The van der Waals surface area contributed by atoms with Gasteiger partial charge in [-0.1, -0.05) is 78.4 Å². The Labute approximate surface area is 184 Å². The van der Waals surface area contributed by atoms with Crippen LogP contribution in [0.2, 0.25) is 5.02 Å². The molecule has 0 saturated heterocycles. The van der Waals surface area contributed by atoms with Gasteiger partial charge in [-0.25, -0.2) is 0 Å². The molecule has 0 aliphatic carbocycles. The van der Waals surface area contributed by atoms with E-state index in [9.17, 15) is 4.79 Å². The molecule has 4 heteroatoms. The predicted octanol–water partition coefficient (Wildman–Crippen LogP) is 6.04. The maximum atomic E-state index is 12.6. The van der Waals surface area contributed by atoms with Crippen molar-refractivity contribution in [2.75, 3.05) is 6.54 Å². The van der Waals surface area contributed by atoms with Crippen LogP contribution in [0.1, 0.15) is 37.9 Å². The Kier molecular flexibility index (Phi) is 7.30. The van der Waals surface area contributed by atoms with Crippen molar-refractivity contribution in [2.45, 2.75) is 33.4 Å². The van der Waals surface area contributed by atoms with E-state index in [4.69, 9.17) is 11.6 Å². The Morgan fingerprint density at radius 3 is 2.50 bits per heavy atom. The topological polar surface area (TPSA) is 41.1 Å². The molecule has 3 nitrogen and oxygen atoms in total. The van der Waals surface area contributed by atoms with Crippen LogP contribution >= 0.6 is 11.6 Å². The third-order valence-electron chi connectivity index (χ3n) is 5.32. The lowest BCUT2D eigenvalue weighted by molar-refractivity contribution is -0.127. The number of fused-ring (bicyclic) bond motifs is 1. The van der Waals surface area contributed by atoms with Crippen LogP contribution in [0.4, 0.5) is 0 Å². The number of hydrogen-bond donors (Lipinski definition) is 2. The van der Waals surface area contributed by atoms with Crippen molar-refractivity contribution >= 4 is 28.3 Å². The molecule has 0 bridgehead atoms. The molecule has 0 saturated carbocycles. The number of rotatable bonds is 8. The Bertz CT molecular complexity index is 1020. The molecule has 3 aromatic rings. The third-order valence-corrected chi connectivity index (χ3v) is 5.57. The number of benzene rings is 3. The summed E-state index contributed by atoms with van der Waals surface area (Å²) in [6, 6.07) is 22.5. The van der Waals surface area contributed by atoms with Gasteiger partial charge in [0.25, 0.3) is 0 Å². The molecule has 30 heavy (non-hydrogen) atoms. The molecule has 1 amide bonds. The Hall–Kier alpha value is -2.62. The number of carbonyl (C=O) groups is 1. The number of nitrogens with one attached hydrogen (secondary N) is 2. The molecule has 0 aliphatic heterocycles. The van der Waals surface area contributed by atoms with Crippen LogP contribution in [0.3, 0.4) is 0 Å². The van der Waals surface area contributed by atoms with Gasteiger partial charge >= 0.3 is 0 Å². The summed E-state index contributed by atoms with van der Waals surface area (Å²) in [7, 11) is 0. The van der Waals surface area contributed by atoms with E-state index in [1.54, 1.807) is 0 Å². The molecule has 2 N–H and O–H groups in total. The van der Waals surface area contributed by atoms with Crippen molar-refractivity contribution in [3.63, 3.8) is 0 Å². The molecule has 1 atom stereocenters. The van der Waals surface area contributed by atoms with E-state index < -0.39 is 5.41 Å². The number of amides is 1. The van der Waals surface area contributed by atoms with E-state index in [0.717, 1.165) is 5.56 Å². The van der Waals surface area contributed by atoms with Gasteiger partial charge in [0.05, 0.1) is 5.41 Å². The van der Waals surface area contributed by atoms with Gasteiger partial charge in [0, 0.05) is 24.2 Å². The Morgan fingerprint density at radius 2 is 1.73 bits per heavy atom. The lowest BCUT2D eigenvalue weighted by Gasteiger charge is -2.20. The molecular weight excluding hydrogens is 392 g/mol. The van der Waals surface area contributed by atoms with Crippen LogP contribution in [0.5, 0.6) is 0 Å². The van der Waals surface area contributed by atoms with Crippen LogP contribution in [0, 0.1) is 5.41 Å². The smallest absolute Gasteiger partial charge is 0.229 e. The molecule has 0 aliphatic rings. The lowest BCUT2D eigenvalue weighted by Crippen LogP contribution is -2.35. The standard InChI is InChI=1S/C26H29ClN2O/c1-19(23-11-6-9-21-8-4-5-10-24(21)23)28-17-7-16-26(2,3)25(30)29-18-20-12-14-22(27)15-13-20/h4-16,19,28H,17-18H2,1-3H3,(H,29,30)/b16-7+/t19-/m1/s1. The Morgan fingerprint density at radius 1 is 1.03 bits per heavy atom. The van der Waals surface area contributed by atoms with E-state index in [-0.39, 0.29) is 11.9 Å². The summed E-state index contributed by atoms with van der Waals surface area (Å²) in [5, 5.41) is 9.75. The van der Waals surface area contributed by atoms with Gasteiger partial charge < -0.3 is 10.6 Å². The minimum absolute atomic E-state index is 0.00389. The first-order valence-electron chi connectivity index (χ1n) is 10.3. The fraction of sp³-hybridized carbons (Fsp3) is 0.269.